The van der Waals surface area contributed by atoms with Crippen molar-refractivity contribution in [3.8, 4) is 0 Å². The van der Waals surface area contributed by atoms with Gasteiger partial charge < -0.3 is 9.80 Å². The van der Waals surface area contributed by atoms with Crippen molar-refractivity contribution in [3.63, 3.8) is 0 Å². The standard InChI is InChI=1S/C23H22N2/c1-3-23(2)18-13-7-8-14-19(18)25-21-16-10-9-15-20(21)24(22(23)25)17-11-5-4-6-12-17/h4-16,22H,3H2,1-2H3. The van der Waals surface area contributed by atoms with Gasteiger partial charge in [0, 0.05) is 16.8 Å². The first-order valence-corrected chi connectivity index (χ1v) is 9.08. The van der Waals surface area contributed by atoms with Gasteiger partial charge in [0.1, 0.15) is 6.17 Å². The number of para-hydroxylation sites is 4. The molecule has 0 saturated carbocycles. The minimum Gasteiger partial charge on any atom is -0.317 e. The Balaban J connectivity index is 1.81. The number of nitrogens with zero attached hydrogens (tertiary/aromatic N) is 2. The van der Waals surface area contributed by atoms with E-state index in [-0.39, 0.29) is 11.6 Å². The zero-order valence-electron chi connectivity index (χ0n) is 14.7. The molecule has 0 saturated heterocycles. The van der Waals surface area contributed by atoms with Gasteiger partial charge in [-0.15, -0.1) is 0 Å². The largest absolute Gasteiger partial charge is 0.317 e. The zero-order chi connectivity index (χ0) is 17.0. The molecule has 0 spiro atoms. The average molecular weight is 326 g/mol. The van der Waals surface area contributed by atoms with Gasteiger partial charge in [0.25, 0.3) is 0 Å². The summed E-state index contributed by atoms with van der Waals surface area (Å²) in [6, 6.07) is 28.5. The zero-order valence-corrected chi connectivity index (χ0v) is 14.7. The summed E-state index contributed by atoms with van der Waals surface area (Å²) >= 11 is 0. The minimum absolute atomic E-state index is 0.0749. The van der Waals surface area contributed by atoms with Gasteiger partial charge in [0.15, 0.2) is 0 Å². The number of hydrogen-bond donors (Lipinski definition) is 0. The third kappa shape index (κ3) is 1.80. The van der Waals surface area contributed by atoms with Gasteiger partial charge in [-0.25, -0.2) is 0 Å². The van der Waals surface area contributed by atoms with Crippen LogP contribution in [0.15, 0.2) is 78.9 Å². The second kappa shape index (κ2) is 5.13. The number of rotatable bonds is 2. The molecule has 0 amide bonds. The maximum absolute atomic E-state index is 2.54. The normalized spacial score (nSPS) is 23.4. The van der Waals surface area contributed by atoms with Crippen molar-refractivity contribution in [2.24, 2.45) is 0 Å². The Kier molecular flexibility index (Phi) is 2.99. The van der Waals surface area contributed by atoms with Crippen molar-refractivity contribution >= 4 is 22.7 Å². The number of fused-ring (bicyclic) bond motifs is 5. The predicted octanol–water partition coefficient (Wildman–Crippen LogP) is 5.98. The average Bonchev–Trinajstić information content (AvgIpc) is 3.15. The lowest BCUT2D eigenvalue weighted by atomic mass is 9.79. The third-order valence-electron chi connectivity index (χ3n) is 6.01. The molecule has 2 unspecified atom stereocenters. The van der Waals surface area contributed by atoms with Crippen LogP contribution in [0.5, 0.6) is 0 Å². The maximum Gasteiger partial charge on any atom is 0.120 e. The van der Waals surface area contributed by atoms with Crippen LogP contribution in [0, 0.1) is 0 Å². The molecule has 0 aromatic heterocycles. The van der Waals surface area contributed by atoms with E-state index in [9.17, 15) is 0 Å². The predicted molar refractivity (Wildman–Crippen MR) is 105 cm³/mol. The highest BCUT2D eigenvalue weighted by molar-refractivity contribution is 5.92. The lowest BCUT2D eigenvalue weighted by molar-refractivity contribution is 0.397. The first kappa shape index (κ1) is 14.6. The maximum atomic E-state index is 2.54. The molecular formula is C23H22N2. The van der Waals surface area contributed by atoms with Gasteiger partial charge >= 0.3 is 0 Å². The first-order chi connectivity index (χ1) is 12.3. The molecule has 124 valence electrons. The Hall–Kier alpha value is -2.74. The SMILES string of the molecule is CCC1(C)c2ccccc2N2c3ccccc3N(c3ccccc3)C21. The smallest absolute Gasteiger partial charge is 0.120 e. The number of anilines is 4. The summed E-state index contributed by atoms with van der Waals surface area (Å²) in [6.45, 7) is 4.73. The van der Waals surface area contributed by atoms with Crippen LogP contribution in [0.4, 0.5) is 22.7 Å². The highest BCUT2D eigenvalue weighted by Crippen LogP contribution is 2.59. The molecule has 0 N–H and O–H groups in total. The molecule has 3 aromatic carbocycles. The topological polar surface area (TPSA) is 6.48 Å². The molecule has 2 heterocycles. The summed E-state index contributed by atoms with van der Waals surface area (Å²) in [7, 11) is 0. The van der Waals surface area contributed by atoms with E-state index in [0.717, 1.165) is 6.42 Å². The van der Waals surface area contributed by atoms with Crippen molar-refractivity contribution in [1.29, 1.82) is 0 Å². The number of benzene rings is 3. The fourth-order valence-corrected chi connectivity index (χ4v) is 4.63. The van der Waals surface area contributed by atoms with Crippen LogP contribution in [0.2, 0.25) is 0 Å². The summed E-state index contributed by atoms with van der Waals surface area (Å²) in [4.78, 5) is 5.07. The molecule has 5 rings (SSSR count). The molecule has 2 aliphatic rings. The molecule has 25 heavy (non-hydrogen) atoms. The Bertz CT molecular complexity index is 919. The molecule has 2 aliphatic heterocycles. The Labute approximate surface area is 149 Å². The summed E-state index contributed by atoms with van der Waals surface area (Å²) in [6.07, 6.45) is 1.37. The lowest BCUT2D eigenvalue weighted by Crippen LogP contribution is -2.47. The van der Waals surface area contributed by atoms with Gasteiger partial charge in [-0.1, -0.05) is 62.4 Å². The first-order valence-electron chi connectivity index (χ1n) is 9.08. The minimum atomic E-state index is 0.0749. The monoisotopic (exact) mass is 326 g/mol. The summed E-state index contributed by atoms with van der Waals surface area (Å²) in [5.41, 5.74) is 6.75. The second-order valence-corrected chi connectivity index (χ2v) is 7.23. The van der Waals surface area contributed by atoms with Crippen LogP contribution in [-0.2, 0) is 5.41 Å². The molecule has 2 atom stereocenters. The molecule has 3 aromatic rings. The molecule has 0 fully saturated rings. The third-order valence-corrected chi connectivity index (χ3v) is 6.01. The van der Waals surface area contributed by atoms with E-state index >= 15 is 0 Å². The second-order valence-electron chi connectivity index (χ2n) is 7.23. The van der Waals surface area contributed by atoms with Crippen molar-refractivity contribution in [2.45, 2.75) is 31.8 Å². The van der Waals surface area contributed by atoms with E-state index in [4.69, 9.17) is 0 Å². The fourth-order valence-electron chi connectivity index (χ4n) is 4.63. The van der Waals surface area contributed by atoms with Gasteiger partial charge in [0.05, 0.1) is 11.4 Å². The van der Waals surface area contributed by atoms with Crippen LogP contribution in [-0.4, -0.2) is 6.17 Å². The molecule has 0 aliphatic carbocycles. The number of hydrogen-bond acceptors (Lipinski definition) is 2. The van der Waals surface area contributed by atoms with Gasteiger partial charge in [-0.2, -0.15) is 0 Å². The molecule has 2 nitrogen and oxygen atoms in total. The van der Waals surface area contributed by atoms with E-state index < -0.39 is 0 Å². The fraction of sp³-hybridized carbons (Fsp3) is 0.217. The van der Waals surface area contributed by atoms with Gasteiger partial charge in [-0.3, -0.25) is 0 Å². The van der Waals surface area contributed by atoms with Crippen molar-refractivity contribution in [1.82, 2.24) is 0 Å². The van der Waals surface area contributed by atoms with Gasteiger partial charge in [0.2, 0.25) is 0 Å². The van der Waals surface area contributed by atoms with Crippen molar-refractivity contribution in [2.75, 3.05) is 9.80 Å². The van der Waals surface area contributed by atoms with Crippen molar-refractivity contribution in [3.05, 3.63) is 84.4 Å². The van der Waals surface area contributed by atoms with E-state index in [2.05, 4.69) is 103 Å². The van der Waals surface area contributed by atoms with E-state index in [0.29, 0.717) is 0 Å². The van der Waals surface area contributed by atoms with Gasteiger partial charge in [-0.05, 0) is 42.3 Å². The summed E-state index contributed by atoms with van der Waals surface area (Å²) in [5.74, 6) is 0. The van der Waals surface area contributed by atoms with Crippen LogP contribution >= 0.6 is 0 Å². The highest BCUT2D eigenvalue weighted by atomic mass is 15.4. The van der Waals surface area contributed by atoms with E-state index in [1.54, 1.807) is 0 Å². The Morgan fingerprint density at radius 3 is 1.96 bits per heavy atom. The van der Waals surface area contributed by atoms with Crippen LogP contribution in [0.1, 0.15) is 25.8 Å². The molecular weight excluding hydrogens is 304 g/mol. The van der Waals surface area contributed by atoms with Crippen LogP contribution in [0.3, 0.4) is 0 Å². The van der Waals surface area contributed by atoms with Crippen LogP contribution < -0.4 is 9.80 Å². The molecule has 2 heteroatoms. The van der Waals surface area contributed by atoms with Crippen LogP contribution in [0.25, 0.3) is 0 Å². The van der Waals surface area contributed by atoms with E-state index in [1.165, 1.54) is 28.3 Å². The Morgan fingerprint density at radius 1 is 0.720 bits per heavy atom. The summed E-state index contributed by atoms with van der Waals surface area (Å²) in [5, 5.41) is 0. The lowest BCUT2D eigenvalue weighted by Gasteiger charge is -2.38. The van der Waals surface area contributed by atoms with E-state index in [1.807, 2.05) is 0 Å². The highest BCUT2D eigenvalue weighted by Gasteiger charge is 2.54. The Morgan fingerprint density at radius 2 is 1.28 bits per heavy atom. The van der Waals surface area contributed by atoms with Crippen molar-refractivity contribution < 1.29 is 0 Å². The molecule has 0 bridgehead atoms. The molecule has 0 radical (unpaired) electrons. The quantitative estimate of drug-likeness (QED) is 0.571. The summed E-state index contributed by atoms with van der Waals surface area (Å²) < 4.78 is 0.